The Morgan fingerprint density at radius 3 is 2.77 bits per heavy atom. The Morgan fingerprint density at radius 1 is 1.54 bits per heavy atom. The van der Waals surface area contributed by atoms with Crippen LogP contribution in [0.5, 0.6) is 0 Å². The van der Waals surface area contributed by atoms with Crippen molar-refractivity contribution in [1.29, 1.82) is 0 Å². The minimum Gasteiger partial charge on any atom is -0.352 e. The zero-order chi connectivity index (χ0) is 9.84. The van der Waals surface area contributed by atoms with Crippen molar-refractivity contribution in [3.05, 3.63) is 32.9 Å². The SMILES string of the molecule is CCNC(=O)c1ccc(I)c(C)c1. The van der Waals surface area contributed by atoms with Crippen molar-refractivity contribution < 1.29 is 4.79 Å². The summed E-state index contributed by atoms with van der Waals surface area (Å²) < 4.78 is 1.19. The summed E-state index contributed by atoms with van der Waals surface area (Å²) in [5.41, 5.74) is 1.88. The van der Waals surface area contributed by atoms with Gasteiger partial charge in [0, 0.05) is 15.7 Å². The van der Waals surface area contributed by atoms with Crippen LogP contribution in [0, 0.1) is 10.5 Å². The Bertz CT molecular complexity index is 323. The third kappa shape index (κ3) is 2.69. The quantitative estimate of drug-likeness (QED) is 0.832. The lowest BCUT2D eigenvalue weighted by Gasteiger charge is -2.03. The second-order valence-corrected chi connectivity index (χ2v) is 3.99. The normalized spacial score (nSPS) is 9.77. The monoisotopic (exact) mass is 289 g/mol. The number of benzene rings is 1. The first-order chi connectivity index (χ1) is 6.15. The van der Waals surface area contributed by atoms with Gasteiger partial charge in [-0.1, -0.05) is 0 Å². The van der Waals surface area contributed by atoms with Gasteiger partial charge in [0.05, 0.1) is 0 Å². The van der Waals surface area contributed by atoms with Gasteiger partial charge in [0.1, 0.15) is 0 Å². The van der Waals surface area contributed by atoms with Crippen LogP contribution in [0.3, 0.4) is 0 Å². The minimum absolute atomic E-state index is 0.00185. The third-order valence-electron chi connectivity index (χ3n) is 1.76. The highest BCUT2D eigenvalue weighted by Crippen LogP contribution is 2.12. The van der Waals surface area contributed by atoms with Crippen LogP contribution < -0.4 is 5.32 Å². The van der Waals surface area contributed by atoms with Gasteiger partial charge in [0.2, 0.25) is 0 Å². The molecular weight excluding hydrogens is 277 g/mol. The standard InChI is InChI=1S/C10H12INO/c1-3-12-10(13)8-4-5-9(11)7(2)6-8/h4-6H,3H2,1-2H3,(H,12,13). The van der Waals surface area contributed by atoms with Crippen LogP contribution in [0.25, 0.3) is 0 Å². The number of nitrogens with one attached hydrogen (secondary N) is 1. The van der Waals surface area contributed by atoms with Crippen molar-refractivity contribution in [3.8, 4) is 0 Å². The third-order valence-corrected chi connectivity index (χ3v) is 2.97. The molecule has 0 bridgehead atoms. The van der Waals surface area contributed by atoms with Crippen molar-refractivity contribution in [1.82, 2.24) is 5.32 Å². The second-order valence-electron chi connectivity index (χ2n) is 2.82. The van der Waals surface area contributed by atoms with Crippen molar-refractivity contribution >= 4 is 28.5 Å². The Labute approximate surface area is 91.9 Å². The number of carbonyl (C=O) groups is 1. The molecule has 0 spiro atoms. The van der Waals surface area contributed by atoms with Gasteiger partial charge in [0.15, 0.2) is 0 Å². The Kier molecular flexibility index (Phi) is 3.71. The lowest BCUT2D eigenvalue weighted by Crippen LogP contribution is -2.22. The number of halogens is 1. The molecule has 0 aliphatic rings. The first kappa shape index (κ1) is 10.5. The smallest absolute Gasteiger partial charge is 0.251 e. The van der Waals surface area contributed by atoms with Gasteiger partial charge in [-0.05, 0) is 60.2 Å². The summed E-state index contributed by atoms with van der Waals surface area (Å²) >= 11 is 2.25. The topological polar surface area (TPSA) is 29.1 Å². The molecule has 0 radical (unpaired) electrons. The molecule has 1 rings (SSSR count). The minimum atomic E-state index is 0.00185. The molecule has 0 aliphatic heterocycles. The zero-order valence-electron chi connectivity index (χ0n) is 7.73. The molecule has 0 aliphatic carbocycles. The molecule has 1 aromatic rings. The van der Waals surface area contributed by atoms with Gasteiger partial charge >= 0.3 is 0 Å². The second kappa shape index (κ2) is 4.60. The molecule has 0 saturated carbocycles. The Morgan fingerprint density at radius 2 is 2.23 bits per heavy atom. The van der Waals surface area contributed by atoms with Crippen LogP contribution in [-0.2, 0) is 0 Å². The average Bonchev–Trinajstić information content (AvgIpc) is 2.10. The fraction of sp³-hybridized carbons (Fsp3) is 0.300. The number of carbonyl (C=O) groups excluding carboxylic acids is 1. The highest BCUT2D eigenvalue weighted by molar-refractivity contribution is 14.1. The van der Waals surface area contributed by atoms with E-state index in [1.807, 2.05) is 32.0 Å². The Hall–Kier alpha value is -0.580. The highest BCUT2D eigenvalue weighted by atomic mass is 127. The van der Waals surface area contributed by atoms with Crippen LogP contribution in [0.1, 0.15) is 22.8 Å². The molecule has 0 atom stereocenters. The summed E-state index contributed by atoms with van der Waals surface area (Å²) in [6.07, 6.45) is 0. The number of rotatable bonds is 2. The van der Waals surface area contributed by atoms with Crippen LogP contribution in [-0.4, -0.2) is 12.5 Å². The predicted octanol–water partition coefficient (Wildman–Crippen LogP) is 2.35. The van der Waals surface area contributed by atoms with Gasteiger partial charge in [0.25, 0.3) is 5.91 Å². The number of hydrogen-bond acceptors (Lipinski definition) is 1. The van der Waals surface area contributed by atoms with Gasteiger partial charge in [-0.25, -0.2) is 0 Å². The molecule has 3 heteroatoms. The van der Waals surface area contributed by atoms with E-state index in [0.29, 0.717) is 6.54 Å². The van der Waals surface area contributed by atoms with E-state index in [2.05, 4.69) is 27.9 Å². The molecule has 0 saturated heterocycles. The summed E-state index contributed by atoms with van der Waals surface area (Å²) in [4.78, 5) is 11.4. The highest BCUT2D eigenvalue weighted by Gasteiger charge is 2.04. The summed E-state index contributed by atoms with van der Waals surface area (Å²) in [6.45, 7) is 4.59. The molecule has 1 aromatic carbocycles. The van der Waals surface area contributed by atoms with Crippen LogP contribution in [0.4, 0.5) is 0 Å². The largest absolute Gasteiger partial charge is 0.352 e. The van der Waals surface area contributed by atoms with Crippen molar-refractivity contribution in [3.63, 3.8) is 0 Å². The van der Waals surface area contributed by atoms with E-state index < -0.39 is 0 Å². The fourth-order valence-electron chi connectivity index (χ4n) is 1.05. The maximum Gasteiger partial charge on any atom is 0.251 e. The molecule has 2 nitrogen and oxygen atoms in total. The van der Waals surface area contributed by atoms with E-state index in [-0.39, 0.29) is 5.91 Å². The van der Waals surface area contributed by atoms with Gasteiger partial charge in [-0.2, -0.15) is 0 Å². The summed E-state index contributed by atoms with van der Waals surface area (Å²) in [5.74, 6) is 0.00185. The maximum absolute atomic E-state index is 11.4. The van der Waals surface area contributed by atoms with E-state index >= 15 is 0 Å². The van der Waals surface area contributed by atoms with Crippen LogP contribution >= 0.6 is 22.6 Å². The van der Waals surface area contributed by atoms with E-state index in [1.165, 1.54) is 3.57 Å². The average molecular weight is 289 g/mol. The molecule has 0 unspecified atom stereocenters. The fourth-order valence-corrected chi connectivity index (χ4v) is 1.38. The first-order valence-corrected chi connectivity index (χ1v) is 5.27. The molecule has 0 aromatic heterocycles. The molecule has 13 heavy (non-hydrogen) atoms. The molecule has 0 heterocycles. The summed E-state index contributed by atoms with van der Waals surface area (Å²) in [5, 5.41) is 2.77. The van der Waals surface area contributed by atoms with Crippen molar-refractivity contribution in [2.24, 2.45) is 0 Å². The first-order valence-electron chi connectivity index (χ1n) is 4.19. The summed E-state index contributed by atoms with van der Waals surface area (Å²) in [6, 6.07) is 5.72. The number of hydrogen-bond donors (Lipinski definition) is 1. The van der Waals surface area contributed by atoms with Gasteiger partial charge < -0.3 is 5.32 Å². The van der Waals surface area contributed by atoms with E-state index in [0.717, 1.165) is 11.1 Å². The van der Waals surface area contributed by atoms with Crippen molar-refractivity contribution in [2.45, 2.75) is 13.8 Å². The van der Waals surface area contributed by atoms with Gasteiger partial charge in [-0.15, -0.1) is 0 Å². The Balaban J connectivity index is 2.90. The molecule has 1 N–H and O–H groups in total. The van der Waals surface area contributed by atoms with Gasteiger partial charge in [-0.3, -0.25) is 4.79 Å². The van der Waals surface area contributed by atoms with Crippen molar-refractivity contribution in [2.75, 3.05) is 6.54 Å². The van der Waals surface area contributed by atoms with E-state index in [1.54, 1.807) is 0 Å². The molecule has 1 amide bonds. The maximum atomic E-state index is 11.4. The van der Waals surface area contributed by atoms with Crippen LogP contribution in [0.15, 0.2) is 18.2 Å². The lowest BCUT2D eigenvalue weighted by molar-refractivity contribution is 0.0955. The van der Waals surface area contributed by atoms with E-state index in [4.69, 9.17) is 0 Å². The summed E-state index contributed by atoms with van der Waals surface area (Å²) in [7, 11) is 0. The number of aryl methyl sites for hydroxylation is 1. The van der Waals surface area contributed by atoms with Crippen LogP contribution in [0.2, 0.25) is 0 Å². The zero-order valence-corrected chi connectivity index (χ0v) is 9.88. The molecular formula is C10H12INO. The molecule has 0 fully saturated rings. The lowest BCUT2D eigenvalue weighted by atomic mass is 10.1. The van der Waals surface area contributed by atoms with E-state index in [9.17, 15) is 4.79 Å². The number of amides is 1. The molecule has 70 valence electrons. The predicted molar refractivity (Wildman–Crippen MR) is 61.9 cm³/mol.